The van der Waals surface area contributed by atoms with Crippen molar-refractivity contribution < 1.29 is 31.8 Å². The van der Waals surface area contributed by atoms with Crippen molar-refractivity contribution in [3.63, 3.8) is 0 Å². The van der Waals surface area contributed by atoms with Gasteiger partial charge in [0.2, 0.25) is 5.12 Å². The molecule has 1 aromatic rings. The number of carbonyl (C=O) groups excluding carboxylic acids is 2. The lowest BCUT2D eigenvalue weighted by Gasteiger charge is -2.36. The normalized spacial score (nSPS) is 20.8. The van der Waals surface area contributed by atoms with E-state index in [1.54, 1.807) is 12.1 Å². The van der Waals surface area contributed by atoms with E-state index in [4.69, 9.17) is 33.9 Å². The maximum atomic E-state index is 12.3. The van der Waals surface area contributed by atoms with Crippen LogP contribution in [0.1, 0.15) is 18.0 Å². The number of hydrogen-bond acceptors (Lipinski definition) is 7. The first-order chi connectivity index (χ1) is 12.6. The van der Waals surface area contributed by atoms with Crippen LogP contribution in [0.5, 0.6) is 0 Å². The van der Waals surface area contributed by atoms with Gasteiger partial charge >= 0.3 is 16.4 Å². The van der Waals surface area contributed by atoms with E-state index < -0.39 is 16.4 Å². The first kappa shape index (κ1) is 21.9. The lowest BCUT2D eigenvalue weighted by molar-refractivity contribution is -0.147. The van der Waals surface area contributed by atoms with Crippen molar-refractivity contribution in [1.82, 2.24) is 4.90 Å². The van der Waals surface area contributed by atoms with Gasteiger partial charge in [-0.05, 0) is 29.7 Å². The molecule has 0 bridgehead atoms. The van der Waals surface area contributed by atoms with Crippen LogP contribution in [-0.2, 0) is 24.7 Å². The number of fused-ring (bicyclic) bond motifs is 1. The summed E-state index contributed by atoms with van der Waals surface area (Å²) in [7, 11) is -3.28. The van der Waals surface area contributed by atoms with Gasteiger partial charge in [0.1, 0.15) is 6.04 Å². The van der Waals surface area contributed by atoms with Gasteiger partial charge in [0.25, 0.3) is 0 Å². The first-order valence-corrected chi connectivity index (χ1v) is 10.4. The molecule has 1 fully saturated rings. The van der Waals surface area contributed by atoms with E-state index in [1.807, 2.05) is 23.1 Å². The van der Waals surface area contributed by atoms with Gasteiger partial charge in [-0.1, -0.05) is 41.6 Å². The Bertz CT molecular complexity index is 848. The standard InChI is InChI=1S/C16H16ClNO3S.H2O4S/c1-21-16(20)15(11-4-2-3-5-12(11)17)18-7-6-13-10(9-18)8-14(19)22-13;1-5(2,3)4/h2-5,8,13,15H,6-7,9H2,1H3;(H2,1,2,3,4)/t13?,15-;/m0./s1. The molecule has 1 saturated heterocycles. The van der Waals surface area contributed by atoms with E-state index in [0.29, 0.717) is 11.6 Å². The van der Waals surface area contributed by atoms with Crippen molar-refractivity contribution in [3.05, 3.63) is 46.5 Å². The Hall–Kier alpha value is -1.43. The fourth-order valence-electron chi connectivity index (χ4n) is 2.98. The highest BCUT2D eigenvalue weighted by atomic mass is 35.5. The number of piperidine rings is 1. The minimum atomic E-state index is -4.67. The molecule has 0 saturated carbocycles. The van der Waals surface area contributed by atoms with Crippen LogP contribution >= 0.6 is 23.4 Å². The number of carbonyl (C=O) groups is 2. The van der Waals surface area contributed by atoms with Crippen LogP contribution in [0.4, 0.5) is 0 Å². The van der Waals surface area contributed by atoms with E-state index in [0.717, 1.165) is 24.1 Å². The van der Waals surface area contributed by atoms with Gasteiger partial charge in [0, 0.05) is 23.4 Å². The van der Waals surface area contributed by atoms with Crippen LogP contribution in [0.15, 0.2) is 35.9 Å². The zero-order chi connectivity index (χ0) is 20.2. The fraction of sp³-hybridized carbons (Fsp3) is 0.375. The van der Waals surface area contributed by atoms with Crippen LogP contribution in [0.2, 0.25) is 5.02 Å². The van der Waals surface area contributed by atoms with Crippen LogP contribution in [0.25, 0.3) is 0 Å². The van der Waals surface area contributed by atoms with E-state index in [1.165, 1.54) is 18.9 Å². The van der Waals surface area contributed by atoms with Crippen molar-refractivity contribution in [2.24, 2.45) is 0 Å². The molecule has 2 aliphatic rings. The van der Waals surface area contributed by atoms with Crippen molar-refractivity contribution >= 4 is 44.8 Å². The number of hydrogen-bond donors (Lipinski definition) is 2. The highest BCUT2D eigenvalue weighted by Crippen LogP contribution is 2.38. The molecule has 0 radical (unpaired) electrons. The summed E-state index contributed by atoms with van der Waals surface area (Å²) in [5.41, 5.74) is 1.83. The second kappa shape index (κ2) is 9.18. The second-order valence-corrected chi connectivity index (χ2v) is 8.31. The first-order valence-electron chi connectivity index (χ1n) is 7.77. The van der Waals surface area contributed by atoms with E-state index in [9.17, 15) is 9.59 Å². The SMILES string of the molecule is COC(=O)[C@H](c1ccccc1Cl)N1CCC2SC(=O)C=C2C1.O=S(=O)(O)O. The highest BCUT2D eigenvalue weighted by Gasteiger charge is 2.37. The van der Waals surface area contributed by atoms with Crippen LogP contribution in [-0.4, -0.2) is 59.0 Å². The number of likely N-dealkylation sites (tertiary alicyclic amines) is 1. The van der Waals surface area contributed by atoms with E-state index >= 15 is 0 Å². The maximum absolute atomic E-state index is 12.3. The molecule has 0 aliphatic carbocycles. The molecular weight excluding hydrogens is 418 g/mol. The van der Waals surface area contributed by atoms with Crippen molar-refractivity contribution in [1.29, 1.82) is 0 Å². The number of rotatable bonds is 3. The number of benzene rings is 1. The fourth-order valence-corrected chi connectivity index (χ4v) is 4.24. The lowest BCUT2D eigenvalue weighted by Crippen LogP contribution is -2.42. The molecule has 2 N–H and O–H groups in total. The van der Waals surface area contributed by atoms with Gasteiger partial charge in [-0.15, -0.1) is 0 Å². The predicted octanol–water partition coefficient (Wildman–Crippen LogP) is 2.18. The van der Waals surface area contributed by atoms with Gasteiger partial charge in [0.15, 0.2) is 0 Å². The second-order valence-electron chi connectivity index (χ2n) is 5.80. The average molecular weight is 436 g/mol. The molecule has 148 valence electrons. The van der Waals surface area contributed by atoms with Crippen molar-refractivity contribution in [3.8, 4) is 0 Å². The third kappa shape index (κ3) is 6.30. The molecule has 8 nitrogen and oxygen atoms in total. The van der Waals surface area contributed by atoms with Gasteiger partial charge in [-0.2, -0.15) is 8.42 Å². The van der Waals surface area contributed by atoms with Crippen LogP contribution in [0.3, 0.4) is 0 Å². The maximum Gasteiger partial charge on any atom is 0.394 e. The largest absolute Gasteiger partial charge is 0.468 e. The average Bonchev–Trinajstić information content (AvgIpc) is 2.94. The molecule has 2 heterocycles. The van der Waals surface area contributed by atoms with E-state index in [-0.39, 0.29) is 16.3 Å². The zero-order valence-corrected chi connectivity index (χ0v) is 16.6. The molecule has 0 aromatic heterocycles. The summed E-state index contributed by atoms with van der Waals surface area (Å²) >= 11 is 7.64. The summed E-state index contributed by atoms with van der Waals surface area (Å²) in [6.07, 6.45) is 2.54. The lowest BCUT2D eigenvalue weighted by atomic mass is 9.98. The highest BCUT2D eigenvalue weighted by molar-refractivity contribution is 8.15. The van der Waals surface area contributed by atoms with Crippen LogP contribution in [0, 0.1) is 0 Å². The van der Waals surface area contributed by atoms with Gasteiger partial charge in [-0.25, -0.2) is 4.79 Å². The Balaban J connectivity index is 0.000000465. The Morgan fingerprint density at radius 3 is 2.59 bits per heavy atom. The quantitative estimate of drug-likeness (QED) is 0.543. The third-order valence-corrected chi connectivity index (χ3v) is 5.55. The molecule has 11 heteroatoms. The third-order valence-electron chi connectivity index (χ3n) is 4.03. The molecule has 0 amide bonds. The van der Waals surface area contributed by atoms with Crippen LogP contribution < -0.4 is 0 Å². The molecule has 2 atom stereocenters. The summed E-state index contributed by atoms with van der Waals surface area (Å²) in [4.78, 5) is 25.9. The zero-order valence-electron chi connectivity index (χ0n) is 14.2. The predicted molar refractivity (Wildman–Crippen MR) is 101 cm³/mol. The van der Waals surface area contributed by atoms with Crippen molar-refractivity contribution in [2.45, 2.75) is 17.7 Å². The number of thioether (sulfide) groups is 1. The topological polar surface area (TPSA) is 121 Å². The number of esters is 1. The molecule has 3 rings (SSSR count). The Labute approximate surface area is 166 Å². The Kier molecular flexibility index (Phi) is 7.43. The smallest absolute Gasteiger partial charge is 0.394 e. The van der Waals surface area contributed by atoms with E-state index in [2.05, 4.69) is 0 Å². The summed E-state index contributed by atoms with van der Waals surface area (Å²) in [5, 5.41) is 0.911. The Morgan fingerprint density at radius 2 is 2.00 bits per heavy atom. The van der Waals surface area contributed by atoms with Gasteiger partial charge in [-0.3, -0.25) is 18.8 Å². The minimum absolute atomic E-state index is 0.106. The summed E-state index contributed by atoms with van der Waals surface area (Å²) in [5.74, 6) is -0.330. The minimum Gasteiger partial charge on any atom is -0.468 e. The monoisotopic (exact) mass is 435 g/mol. The summed E-state index contributed by atoms with van der Waals surface area (Å²) < 4.78 is 36.6. The molecular formula is C16H18ClNO7S2. The number of ether oxygens (including phenoxy) is 1. The number of methoxy groups -OCH3 is 1. The number of halogens is 1. The van der Waals surface area contributed by atoms with Gasteiger partial charge < -0.3 is 4.74 Å². The molecule has 1 unspecified atom stereocenters. The summed E-state index contributed by atoms with van der Waals surface area (Å²) in [6.45, 7) is 1.32. The molecule has 0 spiro atoms. The molecule has 1 aromatic carbocycles. The summed E-state index contributed by atoms with van der Waals surface area (Å²) in [6, 6.07) is 6.77. The Morgan fingerprint density at radius 1 is 1.37 bits per heavy atom. The van der Waals surface area contributed by atoms with Gasteiger partial charge in [0.05, 0.1) is 7.11 Å². The molecule has 2 aliphatic heterocycles. The van der Waals surface area contributed by atoms with Crippen molar-refractivity contribution in [2.75, 3.05) is 20.2 Å². The number of nitrogens with zero attached hydrogens (tertiary/aromatic N) is 1. The molecule has 27 heavy (non-hydrogen) atoms.